The van der Waals surface area contributed by atoms with Gasteiger partial charge in [0.15, 0.2) is 0 Å². The molecular formula is C14H27N3O. The van der Waals surface area contributed by atoms with Gasteiger partial charge in [0.1, 0.15) is 0 Å². The van der Waals surface area contributed by atoms with Crippen molar-refractivity contribution in [3.63, 3.8) is 0 Å². The largest absolute Gasteiger partial charge is 0.354 e. The average molecular weight is 253 g/mol. The Kier molecular flexibility index (Phi) is 4.62. The number of carbonyl (C=O) groups excluding carboxylic acids is 1. The van der Waals surface area contributed by atoms with E-state index in [0.717, 1.165) is 32.2 Å². The summed E-state index contributed by atoms with van der Waals surface area (Å²) in [5, 5.41) is 3.13. The number of likely N-dealkylation sites (tertiary alicyclic amines) is 1. The molecule has 0 aromatic rings. The van der Waals surface area contributed by atoms with Gasteiger partial charge in [-0.05, 0) is 45.7 Å². The number of hydrogen-bond acceptors (Lipinski definition) is 3. The Balaban J connectivity index is 1.80. The van der Waals surface area contributed by atoms with E-state index >= 15 is 0 Å². The van der Waals surface area contributed by atoms with Crippen molar-refractivity contribution in [2.24, 2.45) is 11.1 Å². The summed E-state index contributed by atoms with van der Waals surface area (Å²) >= 11 is 0. The van der Waals surface area contributed by atoms with Gasteiger partial charge in [0.05, 0.1) is 5.41 Å². The second-order valence-electron chi connectivity index (χ2n) is 5.99. The minimum atomic E-state index is -0.259. The Morgan fingerprint density at radius 3 is 2.44 bits per heavy atom. The molecule has 1 aliphatic carbocycles. The summed E-state index contributed by atoms with van der Waals surface area (Å²) < 4.78 is 0. The molecule has 0 radical (unpaired) electrons. The van der Waals surface area contributed by atoms with Crippen LogP contribution < -0.4 is 11.1 Å². The third-order valence-electron chi connectivity index (χ3n) is 4.76. The number of hydrogen-bond donors (Lipinski definition) is 2. The van der Waals surface area contributed by atoms with Crippen LogP contribution in [0.15, 0.2) is 0 Å². The molecule has 104 valence electrons. The van der Waals surface area contributed by atoms with Crippen LogP contribution in [-0.4, -0.2) is 43.0 Å². The molecule has 1 heterocycles. The van der Waals surface area contributed by atoms with Crippen LogP contribution in [0.2, 0.25) is 0 Å². The monoisotopic (exact) mass is 253 g/mol. The summed E-state index contributed by atoms with van der Waals surface area (Å²) in [6.45, 7) is 5.82. The highest BCUT2D eigenvalue weighted by atomic mass is 16.2. The highest BCUT2D eigenvalue weighted by Crippen LogP contribution is 2.37. The van der Waals surface area contributed by atoms with E-state index in [2.05, 4.69) is 17.1 Å². The number of amides is 1. The molecule has 18 heavy (non-hydrogen) atoms. The van der Waals surface area contributed by atoms with Crippen LogP contribution in [0.3, 0.4) is 0 Å². The average Bonchev–Trinajstić information content (AvgIpc) is 3.06. The first kappa shape index (κ1) is 13.8. The van der Waals surface area contributed by atoms with Crippen molar-refractivity contribution < 1.29 is 4.79 Å². The van der Waals surface area contributed by atoms with Gasteiger partial charge in [0.2, 0.25) is 5.91 Å². The Morgan fingerprint density at radius 2 is 1.89 bits per heavy atom. The fraction of sp³-hybridized carbons (Fsp3) is 0.929. The standard InChI is InChI=1S/C14H27N3O/c1-12(17-8-4-5-9-17)10-16-13(18)14(11-15)6-2-3-7-14/h12H,2-11,15H2,1H3,(H,16,18). The topological polar surface area (TPSA) is 58.4 Å². The van der Waals surface area contributed by atoms with Gasteiger partial charge in [-0.2, -0.15) is 0 Å². The molecule has 2 aliphatic rings. The predicted molar refractivity (Wildman–Crippen MR) is 73.2 cm³/mol. The third kappa shape index (κ3) is 2.86. The zero-order valence-electron chi connectivity index (χ0n) is 11.6. The second-order valence-corrected chi connectivity index (χ2v) is 5.99. The van der Waals surface area contributed by atoms with Gasteiger partial charge in [-0.15, -0.1) is 0 Å². The fourth-order valence-corrected chi connectivity index (χ4v) is 3.32. The van der Waals surface area contributed by atoms with E-state index in [1.165, 1.54) is 25.9 Å². The highest BCUT2D eigenvalue weighted by molar-refractivity contribution is 5.83. The molecule has 2 rings (SSSR count). The number of nitrogens with two attached hydrogens (primary N) is 1. The Morgan fingerprint density at radius 1 is 1.28 bits per heavy atom. The first-order valence-corrected chi connectivity index (χ1v) is 7.40. The molecule has 3 N–H and O–H groups in total. The minimum absolute atomic E-state index is 0.188. The van der Waals surface area contributed by atoms with Gasteiger partial charge in [0.25, 0.3) is 0 Å². The molecule has 4 nitrogen and oxygen atoms in total. The highest BCUT2D eigenvalue weighted by Gasteiger charge is 2.39. The third-order valence-corrected chi connectivity index (χ3v) is 4.76. The Labute approximate surface area is 110 Å². The molecule has 0 aromatic heterocycles. The van der Waals surface area contributed by atoms with Crippen molar-refractivity contribution in [1.29, 1.82) is 0 Å². The van der Waals surface area contributed by atoms with Crippen LogP contribution in [0.5, 0.6) is 0 Å². The maximum absolute atomic E-state index is 12.3. The van der Waals surface area contributed by atoms with Crippen LogP contribution >= 0.6 is 0 Å². The lowest BCUT2D eigenvalue weighted by molar-refractivity contribution is -0.130. The van der Waals surface area contributed by atoms with Crippen LogP contribution in [0.25, 0.3) is 0 Å². The summed E-state index contributed by atoms with van der Waals surface area (Å²) in [5.74, 6) is 0.188. The first-order chi connectivity index (χ1) is 8.68. The van der Waals surface area contributed by atoms with E-state index in [9.17, 15) is 4.79 Å². The predicted octanol–water partition coefficient (Wildman–Crippen LogP) is 1.11. The van der Waals surface area contributed by atoms with E-state index in [0.29, 0.717) is 12.6 Å². The van der Waals surface area contributed by atoms with E-state index in [4.69, 9.17) is 5.73 Å². The maximum Gasteiger partial charge on any atom is 0.227 e. The van der Waals surface area contributed by atoms with Crippen molar-refractivity contribution in [3.8, 4) is 0 Å². The molecule has 1 saturated carbocycles. The zero-order chi connectivity index (χ0) is 13.0. The maximum atomic E-state index is 12.3. The summed E-state index contributed by atoms with van der Waals surface area (Å²) in [6, 6.07) is 0.452. The molecule has 1 saturated heterocycles. The number of rotatable bonds is 5. The summed E-state index contributed by atoms with van der Waals surface area (Å²) in [4.78, 5) is 14.8. The summed E-state index contributed by atoms with van der Waals surface area (Å²) in [5.41, 5.74) is 5.57. The van der Waals surface area contributed by atoms with E-state index in [-0.39, 0.29) is 11.3 Å². The van der Waals surface area contributed by atoms with Gasteiger partial charge < -0.3 is 11.1 Å². The molecule has 0 aromatic carbocycles. The van der Waals surface area contributed by atoms with Gasteiger partial charge in [-0.1, -0.05) is 12.8 Å². The second kappa shape index (κ2) is 6.02. The smallest absolute Gasteiger partial charge is 0.227 e. The van der Waals surface area contributed by atoms with Gasteiger partial charge >= 0.3 is 0 Å². The molecule has 1 amide bonds. The summed E-state index contributed by atoms with van der Waals surface area (Å²) in [7, 11) is 0. The zero-order valence-corrected chi connectivity index (χ0v) is 11.6. The van der Waals surface area contributed by atoms with Gasteiger partial charge in [-0.3, -0.25) is 9.69 Å². The summed E-state index contributed by atoms with van der Waals surface area (Å²) in [6.07, 6.45) is 6.81. The molecule has 0 bridgehead atoms. The van der Waals surface area contributed by atoms with Crippen LogP contribution in [-0.2, 0) is 4.79 Å². The number of nitrogens with one attached hydrogen (secondary N) is 1. The van der Waals surface area contributed by atoms with Crippen LogP contribution in [0, 0.1) is 5.41 Å². The SMILES string of the molecule is CC(CNC(=O)C1(CN)CCCC1)N1CCCC1. The lowest BCUT2D eigenvalue weighted by atomic mass is 9.85. The van der Waals surface area contributed by atoms with Gasteiger partial charge in [-0.25, -0.2) is 0 Å². The van der Waals surface area contributed by atoms with Crippen LogP contribution in [0.1, 0.15) is 45.4 Å². The van der Waals surface area contributed by atoms with Crippen molar-refractivity contribution >= 4 is 5.91 Å². The lowest BCUT2D eigenvalue weighted by Gasteiger charge is -2.29. The van der Waals surface area contributed by atoms with Crippen molar-refractivity contribution in [1.82, 2.24) is 10.2 Å². The van der Waals surface area contributed by atoms with E-state index in [1.807, 2.05) is 0 Å². The quantitative estimate of drug-likeness (QED) is 0.771. The molecule has 4 heteroatoms. The first-order valence-electron chi connectivity index (χ1n) is 7.40. The van der Waals surface area contributed by atoms with Crippen LogP contribution in [0.4, 0.5) is 0 Å². The van der Waals surface area contributed by atoms with E-state index in [1.54, 1.807) is 0 Å². The van der Waals surface area contributed by atoms with Crippen molar-refractivity contribution in [3.05, 3.63) is 0 Å². The normalized spacial score (nSPS) is 25.2. The Bertz CT molecular complexity index is 281. The molecule has 2 fully saturated rings. The number of nitrogens with zero attached hydrogens (tertiary/aromatic N) is 1. The Hall–Kier alpha value is -0.610. The van der Waals surface area contributed by atoms with E-state index < -0.39 is 0 Å². The lowest BCUT2D eigenvalue weighted by Crippen LogP contribution is -2.48. The minimum Gasteiger partial charge on any atom is -0.354 e. The molecule has 1 aliphatic heterocycles. The fourth-order valence-electron chi connectivity index (χ4n) is 3.32. The molecule has 0 spiro atoms. The molecular weight excluding hydrogens is 226 g/mol. The van der Waals surface area contributed by atoms with Crippen molar-refractivity contribution in [2.75, 3.05) is 26.2 Å². The molecule has 1 unspecified atom stereocenters. The molecule has 1 atom stereocenters. The number of carbonyl (C=O) groups is 1. The van der Waals surface area contributed by atoms with Gasteiger partial charge in [0, 0.05) is 19.1 Å². The van der Waals surface area contributed by atoms with Crippen molar-refractivity contribution in [2.45, 2.75) is 51.5 Å².